The fraction of sp³-hybridized carbons (Fsp3) is 0.455. The van der Waals surface area contributed by atoms with Crippen LogP contribution in [0.4, 0.5) is 5.69 Å². The summed E-state index contributed by atoms with van der Waals surface area (Å²) >= 11 is 0. The summed E-state index contributed by atoms with van der Waals surface area (Å²) in [4.78, 5) is 10.3. The lowest BCUT2D eigenvalue weighted by atomic mass is 10.1. The minimum atomic E-state index is -1.31. The van der Waals surface area contributed by atoms with Gasteiger partial charge in [0.1, 0.15) is 24.4 Å². The summed E-state index contributed by atoms with van der Waals surface area (Å²) in [5.41, 5.74) is -0.224. The summed E-state index contributed by atoms with van der Waals surface area (Å²) in [6.07, 6.45) is -3.07. The average Bonchev–Trinajstić information content (AvgIpc) is 3.01. The molecule has 0 spiro atoms. The first-order chi connectivity index (χ1) is 10.0. The van der Waals surface area contributed by atoms with Crippen LogP contribution in [0.25, 0.3) is 5.65 Å². The van der Waals surface area contributed by atoms with Gasteiger partial charge in [0.15, 0.2) is 5.82 Å². The summed E-state index contributed by atoms with van der Waals surface area (Å²) in [5, 5.41) is 47.2. The van der Waals surface area contributed by atoms with Crippen LogP contribution < -0.4 is 0 Å². The molecule has 1 saturated heterocycles. The minimum Gasteiger partial charge on any atom is -0.394 e. The van der Waals surface area contributed by atoms with Gasteiger partial charge in [-0.1, -0.05) is 0 Å². The smallest absolute Gasteiger partial charge is 0.314 e. The van der Waals surface area contributed by atoms with Gasteiger partial charge in [-0.15, -0.1) is 10.2 Å². The van der Waals surface area contributed by atoms with Crippen LogP contribution in [0.5, 0.6) is 0 Å². The Balaban J connectivity index is 2.06. The SMILES string of the molecule is O=[N+]([O-])c1cccn2c([C@@H]3O[C@H](CO)[C@@H](O)[C@H]3O)nnc12. The molecule has 0 radical (unpaired) electrons. The Morgan fingerprint density at radius 3 is 2.76 bits per heavy atom. The molecule has 21 heavy (non-hydrogen) atoms. The number of nitro groups is 1. The van der Waals surface area contributed by atoms with Crippen LogP contribution >= 0.6 is 0 Å². The minimum absolute atomic E-state index is 0.00948. The summed E-state index contributed by atoms with van der Waals surface area (Å²) < 4.78 is 6.66. The number of aliphatic hydroxyl groups is 3. The Labute approximate surface area is 117 Å². The van der Waals surface area contributed by atoms with E-state index in [0.29, 0.717) is 0 Å². The first-order valence-electron chi connectivity index (χ1n) is 6.15. The number of rotatable bonds is 3. The van der Waals surface area contributed by atoms with Crippen molar-refractivity contribution in [1.82, 2.24) is 14.6 Å². The molecule has 112 valence electrons. The third-order valence-electron chi connectivity index (χ3n) is 3.43. The predicted octanol–water partition coefficient (Wildman–Crippen LogP) is -1.21. The van der Waals surface area contributed by atoms with E-state index in [9.17, 15) is 20.3 Å². The van der Waals surface area contributed by atoms with Crippen molar-refractivity contribution >= 4 is 11.3 Å². The fourth-order valence-corrected chi connectivity index (χ4v) is 2.37. The third-order valence-corrected chi connectivity index (χ3v) is 3.43. The van der Waals surface area contributed by atoms with Crippen LogP contribution in [0.1, 0.15) is 11.9 Å². The molecule has 4 atom stereocenters. The van der Waals surface area contributed by atoms with E-state index < -0.39 is 35.9 Å². The summed E-state index contributed by atoms with van der Waals surface area (Å²) in [5.74, 6) is 0.121. The molecule has 1 fully saturated rings. The molecule has 3 rings (SSSR count). The Morgan fingerprint density at radius 2 is 2.14 bits per heavy atom. The quantitative estimate of drug-likeness (QED) is 0.473. The lowest BCUT2D eigenvalue weighted by molar-refractivity contribution is -0.383. The number of ether oxygens (including phenoxy) is 1. The number of hydrogen-bond acceptors (Lipinski definition) is 8. The standard InChI is InChI=1S/C11H12N4O6/c16-4-6-7(17)8(18)9(21-6)11-13-12-10-5(15(19)20)2-1-3-14(10)11/h1-3,6-9,16-18H,4H2/t6-,7-,8-,9-/m1/s1. The van der Waals surface area contributed by atoms with Crippen molar-refractivity contribution in [1.29, 1.82) is 0 Å². The van der Waals surface area contributed by atoms with Crippen LogP contribution in [0.3, 0.4) is 0 Å². The van der Waals surface area contributed by atoms with Crippen LogP contribution in [-0.4, -0.2) is 59.8 Å². The second-order valence-electron chi connectivity index (χ2n) is 4.66. The van der Waals surface area contributed by atoms with E-state index in [4.69, 9.17) is 9.84 Å². The highest BCUT2D eigenvalue weighted by atomic mass is 16.6. The van der Waals surface area contributed by atoms with Crippen molar-refractivity contribution in [2.75, 3.05) is 6.61 Å². The molecule has 3 N–H and O–H groups in total. The van der Waals surface area contributed by atoms with Gasteiger partial charge in [0.05, 0.1) is 11.5 Å². The van der Waals surface area contributed by atoms with E-state index in [1.54, 1.807) is 0 Å². The van der Waals surface area contributed by atoms with Crippen LogP contribution in [-0.2, 0) is 4.74 Å². The molecule has 2 aromatic rings. The first kappa shape index (κ1) is 13.8. The molecule has 10 heteroatoms. The van der Waals surface area contributed by atoms with E-state index >= 15 is 0 Å². The largest absolute Gasteiger partial charge is 0.394 e. The second kappa shape index (κ2) is 5.00. The van der Waals surface area contributed by atoms with E-state index in [1.807, 2.05) is 0 Å². The van der Waals surface area contributed by atoms with E-state index in [1.165, 1.54) is 22.7 Å². The van der Waals surface area contributed by atoms with Crippen molar-refractivity contribution in [2.24, 2.45) is 0 Å². The molecular formula is C11H12N4O6. The number of fused-ring (bicyclic) bond motifs is 1. The number of aliphatic hydroxyl groups excluding tert-OH is 3. The van der Waals surface area contributed by atoms with Gasteiger partial charge in [0, 0.05) is 12.3 Å². The second-order valence-corrected chi connectivity index (χ2v) is 4.66. The maximum Gasteiger partial charge on any atom is 0.314 e. The van der Waals surface area contributed by atoms with Crippen molar-refractivity contribution in [3.8, 4) is 0 Å². The lowest BCUT2D eigenvalue weighted by Gasteiger charge is -2.12. The molecule has 0 saturated carbocycles. The Bertz CT molecular complexity index is 688. The number of aromatic nitrogens is 3. The molecule has 0 aliphatic carbocycles. The van der Waals surface area contributed by atoms with Crippen molar-refractivity contribution in [3.05, 3.63) is 34.3 Å². The van der Waals surface area contributed by atoms with Gasteiger partial charge in [0.2, 0.25) is 5.65 Å². The normalized spacial score (nSPS) is 29.1. The topological polar surface area (TPSA) is 143 Å². The zero-order valence-corrected chi connectivity index (χ0v) is 10.6. The monoisotopic (exact) mass is 296 g/mol. The molecule has 2 aromatic heterocycles. The van der Waals surface area contributed by atoms with E-state index in [0.717, 1.165) is 0 Å². The number of nitrogens with zero attached hydrogens (tertiary/aromatic N) is 4. The molecule has 10 nitrogen and oxygen atoms in total. The average molecular weight is 296 g/mol. The summed E-state index contributed by atoms with van der Waals surface area (Å²) in [7, 11) is 0. The van der Waals surface area contributed by atoms with Gasteiger partial charge in [-0.05, 0) is 6.07 Å². The van der Waals surface area contributed by atoms with Crippen LogP contribution in [0, 0.1) is 10.1 Å². The van der Waals surface area contributed by atoms with Crippen molar-refractivity contribution in [2.45, 2.75) is 24.4 Å². The Hall–Kier alpha value is -2.14. The highest BCUT2D eigenvalue weighted by Crippen LogP contribution is 2.33. The first-order valence-corrected chi connectivity index (χ1v) is 6.15. The van der Waals surface area contributed by atoms with Crippen molar-refractivity contribution in [3.63, 3.8) is 0 Å². The van der Waals surface area contributed by atoms with E-state index in [2.05, 4.69) is 10.2 Å². The molecule has 3 heterocycles. The molecule has 0 amide bonds. The summed E-state index contributed by atoms with van der Waals surface area (Å²) in [6.45, 7) is -0.467. The zero-order chi connectivity index (χ0) is 15.1. The molecule has 0 bridgehead atoms. The van der Waals surface area contributed by atoms with Gasteiger partial charge >= 0.3 is 5.69 Å². The predicted molar refractivity (Wildman–Crippen MR) is 66.4 cm³/mol. The number of pyridine rings is 1. The highest BCUT2D eigenvalue weighted by molar-refractivity contribution is 5.58. The highest BCUT2D eigenvalue weighted by Gasteiger charge is 2.45. The number of hydrogen-bond donors (Lipinski definition) is 3. The zero-order valence-electron chi connectivity index (χ0n) is 10.6. The molecule has 1 aliphatic rings. The molecule has 0 aromatic carbocycles. The Morgan fingerprint density at radius 1 is 1.38 bits per heavy atom. The third kappa shape index (κ3) is 2.05. The molecular weight excluding hydrogens is 284 g/mol. The molecule has 1 aliphatic heterocycles. The van der Waals surface area contributed by atoms with Gasteiger partial charge in [-0.3, -0.25) is 14.5 Å². The van der Waals surface area contributed by atoms with Gasteiger partial charge in [0.25, 0.3) is 0 Å². The van der Waals surface area contributed by atoms with Crippen LogP contribution in [0.15, 0.2) is 18.3 Å². The van der Waals surface area contributed by atoms with Crippen molar-refractivity contribution < 1.29 is 25.0 Å². The maximum absolute atomic E-state index is 10.9. The maximum atomic E-state index is 10.9. The van der Waals surface area contributed by atoms with Gasteiger partial charge in [-0.2, -0.15) is 0 Å². The fourth-order valence-electron chi connectivity index (χ4n) is 2.37. The molecule has 0 unspecified atom stereocenters. The Kier molecular flexibility index (Phi) is 3.29. The lowest BCUT2D eigenvalue weighted by Crippen LogP contribution is -2.32. The summed E-state index contributed by atoms with van der Waals surface area (Å²) in [6, 6.07) is 2.73. The van der Waals surface area contributed by atoms with E-state index in [-0.39, 0.29) is 17.2 Å². The van der Waals surface area contributed by atoms with Gasteiger partial charge < -0.3 is 20.1 Å². The van der Waals surface area contributed by atoms with Crippen LogP contribution in [0.2, 0.25) is 0 Å². The van der Waals surface area contributed by atoms with Gasteiger partial charge in [-0.25, -0.2) is 0 Å².